The number of benzene rings is 2. The third-order valence-corrected chi connectivity index (χ3v) is 8.96. The van der Waals surface area contributed by atoms with Crippen LogP contribution in [0.2, 0.25) is 10.0 Å². The molecule has 9 heteroatoms. The Hall–Kier alpha value is -1.51. The van der Waals surface area contributed by atoms with Crippen LogP contribution in [-0.2, 0) is 16.6 Å². The van der Waals surface area contributed by atoms with E-state index in [-0.39, 0.29) is 22.7 Å². The Morgan fingerprint density at radius 3 is 2.52 bits per heavy atom. The van der Waals surface area contributed by atoms with E-state index < -0.39 is 10.0 Å². The van der Waals surface area contributed by atoms with E-state index in [4.69, 9.17) is 32.7 Å². The molecule has 2 aliphatic rings. The number of ether oxygens (including phenoxy) is 2. The Bertz CT molecular complexity index is 1080. The molecule has 180 valence electrons. The first kappa shape index (κ1) is 24.6. The summed E-state index contributed by atoms with van der Waals surface area (Å²) >= 11 is 12.7. The lowest BCUT2D eigenvalue weighted by molar-refractivity contribution is 0.0575. The van der Waals surface area contributed by atoms with Gasteiger partial charge in [-0.25, -0.2) is 12.7 Å². The van der Waals surface area contributed by atoms with Crippen molar-refractivity contribution in [3.63, 3.8) is 0 Å². The van der Waals surface area contributed by atoms with Gasteiger partial charge in [-0.1, -0.05) is 35.3 Å². The number of halogens is 2. The predicted octanol–water partition coefficient (Wildman–Crippen LogP) is 5.08. The van der Waals surface area contributed by atoms with Crippen LogP contribution in [0, 0.1) is 5.92 Å². The van der Waals surface area contributed by atoms with Gasteiger partial charge in [0.2, 0.25) is 10.0 Å². The van der Waals surface area contributed by atoms with Gasteiger partial charge in [-0.05, 0) is 74.5 Å². The van der Waals surface area contributed by atoms with Crippen LogP contribution in [0.4, 0.5) is 0 Å². The number of methoxy groups -OCH3 is 1. The lowest BCUT2D eigenvalue weighted by Gasteiger charge is -2.37. The third kappa shape index (κ3) is 5.60. The fraction of sp³-hybridized carbons (Fsp3) is 0.500. The highest BCUT2D eigenvalue weighted by Gasteiger charge is 2.35. The summed E-state index contributed by atoms with van der Waals surface area (Å²) in [7, 11) is -0.687. The molecular weight excluding hydrogens is 483 g/mol. The van der Waals surface area contributed by atoms with Gasteiger partial charge >= 0.3 is 0 Å². The SMILES string of the molecule is COc1ccc(Cl)cc1S(=O)(=O)N(C)CC1CC(Oc2cccc(CN3CCCC3)c2Cl)C1. The van der Waals surface area contributed by atoms with E-state index in [0.717, 1.165) is 38.0 Å². The molecule has 2 aromatic rings. The van der Waals surface area contributed by atoms with E-state index in [9.17, 15) is 8.42 Å². The molecule has 0 amide bonds. The second-order valence-electron chi connectivity index (χ2n) is 8.87. The Kier molecular flexibility index (Phi) is 7.76. The second-order valence-corrected chi connectivity index (χ2v) is 11.7. The largest absolute Gasteiger partial charge is 0.495 e. The second kappa shape index (κ2) is 10.4. The summed E-state index contributed by atoms with van der Waals surface area (Å²) in [6.45, 7) is 3.48. The number of nitrogens with zero attached hydrogens (tertiary/aromatic N) is 2. The standard InChI is InChI=1S/C24H30Cl2N2O4S/c1-27(33(29,30)23-14-19(25)8-9-21(23)31-2)15-17-12-20(13-17)32-22-7-5-6-18(24(22)26)16-28-10-3-4-11-28/h5-9,14,17,20H,3-4,10-13,15-16H2,1-2H3. The van der Waals surface area contributed by atoms with Crippen molar-refractivity contribution in [1.29, 1.82) is 0 Å². The van der Waals surface area contributed by atoms with Gasteiger partial charge in [-0.2, -0.15) is 0 Å². The Morgan fingerprint density at radius 1 is 1.09 bits per heavy atom. The highest BCUT2D eigenvalue weighted by atomic mass is 35.5. The third-order valence-electron chi connectivity index (χ3n) is 6.45. The molecule has 4 rings (SSSR count). The van der Waals surface area contributed by atoms with Crippen molar-refractivity contribution in [2.75, 3.05) is 33.8 Å². The highest BCUT2D eigenvalue weighted by Crippen LogP contribution is 2.37. The van der Waals surface area contributed by atoms with Crippen molar-refractivity contribution in [2.45, 2.75) is 43.2 Å². The maximum Gasteiger partial charge on any atom is 0.246 e. The summed E-state index contributed by atoms with van der Waals surface area (Å²) in [5.74, 6) is 1.21. The number of hydrogen-bond acceptors (Lipinski definition) is 5. The molecule has 0 atom stereocenters. The lowest BCUT2D eigenvalue weighted by Crippen LogP contribution is -2.42. The molecule has 0 unspecified atom stereocenters. The first-order valence-electron chi connectivity index (χ1n) is 11.2. The van der Waals surface area contributed by atoms with Crippen LogP contribution in [0.3, 0.4) is 0 Å². The van der Waals surface area contributed by atoms with Crippen LogP contribution in [-0.4, -0.2) is 57.5 Å². The van der Waals surface area contributed by atoms with Crippen molar-refractivity contribution < 1.29 is 17.9 Å². The molecule has 2 aromatic carbocycles. The average molecular weight is 513 g/mol. The first-order valence-corrected chi connectivity index (χ1v) is 13.4. The summed E-state index contributed by atoms with van der Waals surface area (Å²) in [5.41, 5.74) is 1.09. The van der Waals surface area contributed by atoms with Gasteiger partial charge in [0.25, 0.3) is 0 Å². The quantitative estimate of drug-likeness (QED) is 0.469. The van der Waals surface area contributed by atoms with Crippen LogP contribution in [0.15, 0.2) is 41.3 Å². The van der Waals surface area contributed by atoms with Crippen LogP contribution in [0.1, 0.15) is 31.2 Å². The molecule has 1 heterocycles. The molecule has 0 radical (unpaired) electrons. The van der Waals surface area contributed by atoms with E-state index in [1.807, 2.05) is 12.1 Å². The molecule has 6 nitrogen and oxygen atoms in total. The molecule has 0 aromatic heterocycles. The monoisotopic (exact) mass is 512 g/mol. The fourth-order valence-electron chi connectivity index (χ4n) is 4.53. The molecule has 1 aliphatic carbocycles. The van der Waals surface area contributed by atoms with E-state index in [1.54, 1.807) is 19.2 Å². The Balaban J connectivity index is 1.33. The van der Waals surface area contributed by atoms with Crippen molar-refractivity contribution in [1.82, 2.24) is 9.21 Å². The molecular formula is C24H30Cl2N2O4S. The number of likely N-dealkylation sites (tertiary alicyclic amines) is 1. The van der Waals surface area contributed by atoms with Crippen molar-refractivity contribution in [2.24, 2.45) is 5.92 Å². The van der Waals surface area contributed by atoms with Gasteiger partial charge in [-0.15, -0.1) is 0 Å². The lowest BCUT2D eigenvalue weighted by atomic mass is 9.82. The molecule has 0 spiro atoms. The zero-order valence-electron chi connectivity index (χ0n) is 19.0. The van der Waals surface area contributed by atoms with E-state index in [2.05, 4.69) is 11.0 Å². The zero-order valence-corrected chi connectivity index (χ0v) is 21.3. The van der Waals surface area contributed by atoms with E-state index >= 15 is 0 Å². The van der Waals surface area contributed by atoms with Gasteiger partial charge in [0.1, 0.15) is 16.4 Å². The molecule has 0 N–H and O–H groups in total. The minimum absolute atomic E-state index is 0.0337. The maximum absolute atomic E-state index is 13.1. The van der Waals surface area contributed by atoms with Crippen LogP contribution >= 0.6 is 23.2 Å². The number of rotatable bonds is 9. The number of hydrogen-bond donors (Lipinski definition) is 0. The van der Waals surface area contributed by atoms with Crippen molar-refractivity contribution in [3.8, 4) is 11.5 Å². The van der Waals surface area contributed by atoms with Gasteiger partial charge in [0, 0.05) is 25.2 Å². The molecule has 1 aliphatic heterocycles. The Labute approximate surface area is 206 Å². The summed E-state index contributed by atoms with van der Waals surface area (Å²) < 4.78 is 38.9. The topological polar surface area (TPSA) is 59.1 Å². The van der Waals surface area contributed by atoms with E-state index in [0.29, 0.717) is 22.3 Å². The van der Waals surface area contributed by atoms with E-state index in [1.165, 1.54) is 30.3 Å². The molecule has 1 saturated heterocycles. The van der Waals surface area contributed by atoms with Crippen LogP contribution < -0.4 is 9.47 Å². The normalized spacial score (nSPS) is 21.2. The van der Waals surface area contributed by atoms with Crippen molar-refractivity contribution in [3.05, 3.63) is 52.0 Å². The number of sulfonamides is 1. The summed E-state index contributed by atoms with van der Waals surface area (Å²) in [5, 5.41) is 1.03. The summed E-state index contributed by atoms with van der Waals surface area (Å²) in [4.78, 5) is 2.49. The average Bonchev–Trinajstić information content (AvgIpc) is 3.27. The summed E-state index contributed by atoms with van der Waals surface area (Å²) in [6.07, 6.45) is 4.07. The molecule has 1 saturated carbocycles. The maximum atomic E-state index is 13.1. The van der Waals surface area contributed by atoms with Crippen LogP contribution in [0.5, 0.6) is 11.5 Å². The summed E-state index contributed by atoms with van der Waals surface area (Å²) in [6, 6.07) is 10.6. The highest BCUT2D eigenvalue weighted by molar-refractivity contribution is 7.89. The molecule has 0 bridgehead atoms. The van der Waals surface area contributed by atoms with Gasteiger partial charge in [-0.3, -0.25) is 4.90 Å². The van der Waals surface area contributed by atoms with Gasteiger partial charge < -0.3 is 9.47 Å². The first-order chi connectivity index (χ1) is 15.8. The van der Waals surface area contributed by atoms with Crippen molar-refractivity contribution >= 4 is 33.2 Å². The zero-order chi connectivity index (χ0) is 23.6. The smallest absolute Gasteiger partial charge is 0.246 e. The fourth-order valence-corrected chi connectivity index (χ4v) is 6.42. The van der Waals surface area contributed by atoms with Gasteiger partial charge in [0.15, 0.2) is 0 Å². The van der Waals surface area contributed by atoms with Crippen LogP contribution in [0.25, 0.3) is 0 Å². The predicted molar refractivity (Wildman–Crippen MR) is 131 cm³/mol. The molecule has 33 heavy (non-hydrogen) atoms. The Morgan fingerprint density at radius 2 is 1.82 bits per heavy atom. The minimum Gasteiger partial charge on any atom is -0.495 e. The minimum atomic E-state index is -3.72. The van der Waals surface area contributed by atoms with Gasteiger partial charge in [0.05, 0.1) is 18.2 Å². The molecule has 2 fully saturated rings.